The lowest BCUT2D eigenvalue weighted by Crippen LogP contribution is -2.34. The molecule has 0 aliphatic heterocycles. The molecule has 2 N–H and O–H groups in total. The molecule has 0 spiro atoms. The summed E-state index contributed by atoms with van der Waals surface area (Å²) < 4.78 is 39.1. The Morgan fingerprint density at radius 2 is 1.83 bits per heavy atom. The van der Waals surface area contributed by atoms with Gasteiger partial charge in [-0.15, -0.1) is 0 Å². The van der Waals surface area contributed by atoms with Crippen molar-refractivity contribution < 1.29 is 18.0 Å². The Labute approximate surface area is 206 Å². The van der Waals surface area contributed by atoms with Crippen LogP contribution in [0.15, 0.2) is 66.9 Å². The van der Waals surface area contributed by atoms with E-state index in [9.17, 15) is 18.0 Å². The molecule has 2 aromatic carbocycles. The fourth-order valence-electron chi connectivity index (χ4n) is 4.93. The second-order valence-electron chi connectivity index (χ2n) is 9.35. The van der Waals surface area contributed by atoms with Gasteiger partial charge in [0.25, 0.3) is 5.91 Å². The number of rotatable bonds is 4. The third-order valence-corrected chi connectivity index (χ3v) is 6.88. The molecule has 5 rings (SSSR count). The number of amides is 1. The Kier molecular flexibility index (Phi) is 5.90. The third-order valence-electron chi connectivity index (χ3n) is 6.88. The van der Waals surface area contributed by atoms with Crippen LogP contribution in [0.1, 0.15) is 63.6 Å². The lowest BCUT2D eigenvalue weighted by atomic mass is 10.0. The minimum absolute atomic E-state index is 0.0831. The topological polar surface area (TPSA) is 72.1 Å². The van der Waals surface area contributed by atoms with Crippen molar-refractivity contribution in [3.8, 4) is 0 Å². The molecule has 36 heavy (non-hydrogen) atoms. The van der Waals surface area contributed by atoms with Gasteiger partial charge in [0, 0.05) is 17.1 Å². The quantitative estimate of drug-likeness (QED) is 0.358. The standard InChI is InChI=1S/C28H25F3N4O/c1-16-12-25(23-6-4-3-5-22(16)23)35(15-21-9-8-20(14-33-21)28(29,30)31)27(36)18-7-10-24-19(13-18)11-17(2)26(32)34-24/h3-11,13-14,16,25H,12,15H2,1-2H3,(H2,32,34)/t16-,25+/m0/s1. The number of alkyl halides is 3. The van der Waals surface area contributed by atoms with E-state index in [1.807, 2.05) is 31.2 Å². The number of benzene rings is 2. The average Bonchev–Trinajstić information content (AvgIpc) is 3.18. The number of nitrogens with two attached hydrogens (primary N) is 1. The minimum atomic E-state index is -4.47. The number of halogens is 3. The molecule has 0 unspecified atom stereocenters. The number of aryl methyl sites for hydroxylation is 1. The first-order valence-corrected chi connectivity index (χ1v) is 11.7. The Bertz CT molecular complexity index is 1450. The lowest BCUT2D eigenvalue weighted by Gasteiger charge is -2.30. The second kappa shape index (κ2) is 8.93. The molecular weight excluding hydrogens is 465 g/mol. The zero-order valence-electron chi connectivity index (χ0n) is 19.9. The van der Waals surface area contributed by atoms with E-state index >= 15 is 0 Å². The predicted molar refractivity (Wildman–Crippen MR) is 132 cm³/mol. The molecule has 1 aliphatic rings. The number of hydrogen-bond donors (Lipinski definition) is 1. The summed E-state index contributed by atoms with van der Waals surface area (Å²) in [5.41, 5.74) is 9.70. The van der Waals surface area contributed by atoms with Crippen molar-refractivity contribution >= 4 is 22.6 Å². The Morgan fingerprint density at radius 3 is 2.53 bits per heavy atom. The van der Waals surface area contributed by atoms with Crippen LogP contribution in [0.3, 0.4) is 0 Å². The van der Waals surface area contributed by atoms with E-state index in [4.69, 9.17) is 5.73 Å². The molecule has 2 aromatic heterocycles. The van der Waals surface area contributed by atoms with Crippen molar-refractivity contribution in [2.75, 3.05) is 5.73 Å². The largest absolute Gasteiger partial charge is 0.417 e. The first-order chi connectivity index (χ1) is 17.1. The maximum atomic E-state index is 13.9. The van der Waals surface area contributed by atoms with E-state index in [0.717, 1.165) is 35.2 Å². The van der Waals surface area contributed by atoms with Crippen molar-refractivity contribution in [1.82, 2.24) is 14.9 Å². The van der Waals surface area contributed by atoms with Crippen molar-refractivity contribution in [2.24, 2.45) is 0 Å². The first kappa shape index (κ1) is 23.8. The highest BCUT2D eigenvalue weighted by Crippen LogP contribution is 2.44. The summed E-state index contributed by atoms with van der Waals surface area (Å²) in [5.74, 6) is 0.462. The summed E-state index contributed by atoms with van der Waals surface area (Å²) in [7, 11) is 0. The average molecular weight is 491 g/mol. The van der Waals surface area contributed by atoms with Crippen LogP contribution in [0.5, 0.6) is 0 Å². The van der Waals surface area contributed by atoms with Gasteiger partial charge in [-0.05, 0) is 72.4 Å². The molecule has 1 aliphatic carbocycles. The van der Waals surface area contributed by atoms with Crippen molar-refractivity contribution in [1.29, 1.82) is 0 Å². The summed E-state index contributed by atoms with van der Waals surface area (Å²) in [4.78, 5) is 24.1. The fraction of sp³-hybridized carbons (Fsp3) is 0.250. The maximum absolute atomic E-state index is 13.9. The van der Waals surface area contributed by atoms with Crippen LogP contribution >= 0.6 is 0 Å². The molecule has 8 heteroatoms. The van der Waals surface area contributed by atoms with E-state index < -0.39 is 11.7 Å². The highest BCUT2D eigenvalue weighted by atomic mass is 19.4. The minimum Gasteiger partial charge on any atom is -0.383 e. The van der Waals surface area contributed by atoms with Crippen LogP contribution in [0.2, 0.25) is 0 Å². The number of hydrogen-bond acceptors (Lipinski definition) is 4. The molecule has 1 amide bonds. The van der Waals surface area contributed by atoms with Gasteiger partial charge in [-0.2, -0.15) is 13.2 Å². The molecule has 0 fully saturated rings. The number of pyridine rings is 2. The van der Waals surface area contributed by atoms with Gasteiger partial charge in [-0.1, -0.05) is 31.2 Å². The number of nitrogens with zero attached hydrogens (tertiary/aromatic N) is 3. The normalized spacial score (nSPS) is 17.2. The van der Waals surface area contributed by atoms with Crippen LogP contribution in [0.4, 0.5) is 19.0 Å². The van der Waals surface area contributed by atoms with Gasteiger partial charge in [0.2, 0.25) is 0 Å². The van der Waals surface area contributed by atoms with Gasteiger partial charge in [-0.3, -0.25) is 9.78 Å². The van der Waals surface area contributed by atoms with Crippen molar-refractivity contribution in [3.05, 3.63) is 100 Å². The van der Waals surface area contributed by atoms with E-state index in [-0.39, 0.29) is 24.4 Å². The van der Waals surface area contributed by atoms with Crippen LogP contribution in [-0.2, 0) is 12.7 Å². The van der Waals surface area contributed by atoms with Gasteiger partial charge in [0.1, 0.15) is 5.82 Å². The SMILES string of the molecule is Cc1cc2cc(C(=O)N(Cc3ccc(C(F)(F)F)cn3)[C@@H]3C[C@H](C)c4ccccc43)ccc2nc1N. The summed E-state index contributed by atoms with van der Waals surface area (Å²) in [6, 6.07) is 17.3. The van der Waals surface area contributed by atoms with Gasteiger partial charge in [-0.25, -0.2) is 4.98 Å². The summed E-state index contributed by atoms with van der Waals surface area (Å²) in [5, 5.41) is 0.792. The van der Waals surface area contributed by atoms with Gasteiger partial charge in [0.05, 0.1) is 29.4 Å². The molecule has 2 heterocycles. The zero-order valence-corrected chi connectivity index (χ0v) is 19.9. The van der Waals surface area contributed by atoms with Crippen molar-refractivity contribution in [2.45, 2.75) is 44.9 Å². The number of anilines is 1. The Morgan fingerprint density at radius 1 is 1.08 bits per heavy atom. The molecule has 0 radical (unpaired) electrons. The number of aromatic nitrogens is 2. The van der Waals surface area contributed by atoms with Crippen LogP contribution in [0.25, 0.3) is 10.9 Å². The molecule has 4 aromatic rings. The van der Waals surface area contributed by atoms with Gasteiger partial charge >= 0.3 is 6.18 Å². The van der Waals surface area contributed by atoms with Crippen molar-refractivity contribution in [3.63, 3.8) is 0 Å². The molecule has 0 bridgehead atoms. The maximum Gasteiger partial charge on any atom is 0.417 e. The number of nitrogen functional groups attached to an aromatic ring is 1. The molecule has 5 nitrogen and oxygen atoms in total. The lowest BCUT2D eigenvalue weighted by molar-refractivity contribution is -0.137. The van der Waals surface area contributed by atoms with E-state index in [0.29, 0.717) is 22.6 Å². The Balaban J connectivity index is 1.54. The molecule has 0 saturated carbocycles. The second-order valence-corrected chi connectivity index (χ2v) is 9.35. The molecule has 2 atom stereocenters. The molecule has 0 saturated heterocycles. The van der Waals surface area contributed by atoms with Crippen LogP contribution < -0.4 is 5.73 Å². The molecule has 184 valence electrons. The highest BCUT2D eigenvalue weighted by Gasteiger charge is 2.36. The van der Waals surface area contributed by atoms with Gasteiger partial charge < -0.3 is 10.6 Å². The fourth-order valence-corrected chi connectivity index (χ4v) is 4.93. The first-order valence-electron chi connectivity index (χ1n) is 11.7. The predicted octanol–water partition coefficient (Wildman–Crippen LogP) is 6.43. The van der Waals surface area contributed by atoms with Crippen LogP contribution in [0, 0.1) is 6.92 Å². The Hall–Kier alpha value is -3.94. The third kappa shape index (κ3) is 4.39. The summed E-state index contributed by atoms with van der Waals surface area (Å²) in [6.07, 6.45) is -2.93. The number of fused-ring (bicyclic) bond motifs is 2. The summed E-state index contributed by atoms with van der Waals surface area (Å²) >= 11 is 0. The number of carbonyl (C=O) groups excluding carboxylic acids is 1. The van der Waals surface area contributed by atoms with Gasteiger partial charge in [0.15, 0.2) is 0 Å². The molecular formula is C28H25F3N4O. The van der Waals surface area contributed by atoms with E-state index in [1.165, 1.54) is 11.6 Å². The highest BCUT2D eigenvalue weighted by molar-refractivity contribution is 5.98. The summed E-state index contributed by atoms with van der Waals surface area (Å²) in [6.45, 7) is 4.06. The smallest absolute Gasteiger partial charge is 0.383 e. The number of carbonyl (C=O) groups is 1. The van der Waals surface area contributed by atoms with Crippen LogP contribution in [-0.4, -0.2) is 20.8 Å². The van der Waals surface area contributed by atoms with E-state index in [1.54, 1.807) is 23.1 Å². The monoisotopic (exact) mass is 490 g/mol. The van der Waals surface area contributed by atoms with E-state index in [2.05, 4.69) is 23.0 Å². The zero-order chi connectivity index (χ0) is 25.6.